The Kier molecular flexibility index (Phi) is 15.5. The lowest BCUT2D eigenvalue weighted by atomic mass is 9.76. The Morgan fingerprint density at radius 3 is 1.75 bits per heavy atom. The van der Waals surface area contributed by atoms with Crippen LogP contribution in [0.4, 0.5) is 5.69 Å². The number of hydrogen-bond acceptors (Lipinski definition) is 4. The molecule has 2 aromatic carbocycles. The van der Waals surface area contributed by atoms with Crippen LogP contribution in [0.5, 0.6) is 0 Å². The summed E-state index contributed by atoms with van der Waals surface area (Å²) in [5.41, 5.74) is 5.02. The highest BCUT2D eigenvalue weighted by Crippen LogP contribution is 2.34. The van der Waals surface area contributed by atoms with Gasteiger partial charge in [-0.3, -0.25) is 19.2 Å². The molecule has 2 aromatic rings. The van der Waals surface area contributed by atoms with Crippen LogP contribution in [0.25, 0.3) is 0 Å². The van der Waals surface area contributed by atoms with Gasteiger partial charge in [-0.15, -0.1) is 0 Å². The fourth-order valence-electron chi connectivity index (χ4n) is 7.49. The van der Waals surface area contributed by atoms with Crippen molar-refractivity contribution < 1.29 is 19.2 Å². The fourth-order valence-corrected chi connectivity index (χ4v) is 7.49. The Hall–Kier alpha value is -3.28. The monoisotopic (exact) mass is 658 g/mol. The molecule has 4 aliphatic rings. The number of nitrogens with zero attached hydrogens (tertiary/aromatic N) is 2. The molecule has 0 spiro atoms. The van der Waals surface area contributed by atoms with Crippen molar-refractivity contribution >= 4 is 29.1 Å². The van der Waals surface area contributed by atoms with Crippen LogP contribution in [0.1, 0.15) is 136 Å². The molecule has 2 fully saturated rings. The first-order valence-corrected chi connectivity index (χ1v) is 18.7. The number of anilines is 1. The highest BCUT2D eigenvalue weighted by molar-refractivity contribution is 5.96. The van der Waals surface area contributed by atoms with E-state index in [0.29, 0.717) is 47.7 Å². The number of amides is 2. The molecule has 1 saturated carbocycles. The first-order chi connectivity index (χ1) is 22.8. The molecule has 2 aliphatic heterocycles. The smallest absolute Gasteiger partial charge is 0.227 e. The van der Waals surface area contributed by atoms with Crippen LogP contribution >= 0.6 is 0 Å². The molecule has 264 valence electrons. The molecule has 0 radical (unpaired) electrons. The van der Waals surface area contributed by atoms with Gasteiger partial charge in [0.1, 0.15) is 11.6 Å². The highest BCUT2D eigenvalue weighted by Gasteiger charge is 2.29. The van der Waals surface area contributed by atoms with Crippen LogP contribution in [0.3, 0.4) is 0 Å². The summed E-state index contributed by atoms with van der Waals surface area (Å²) in [6.45, 7) is 17.8. The van der Waals surface area contributed by atoms with Gasteiger partial charge < -0.3 is 9.80 Å². The van der Waals surface area contributed by atoms with Gasteiger partial charge >= 0.3 is 0 Å². The van der Waals surface area contributed by atoms with E-state index in [4.69, 9.17) is 0 Å². The summed E-state index contributed by atoms with van der Waals surface area (Å²) in [6, 6.07) is 17.2. The van der Waals surface area contributed by atoms with Crippen molar-refractivity contribution in [3.63, 3.8) is 0 Å². The Bertz CT molecular complexity index is 1260. The second-order valence-corrected chi connectivity index (χ2v) is 15.1. The zero-order valence-electron chi connectivity index (χ0n) is 31.1. The minimum Gasteiger partial charge on any atom is -0.340 e. The predicted molar refractivity (Wildman–Crippen MR) is 197 cm³/mol. The number of benzene rings is 2. The minimum absolute atomic E-state index is 0.139. The third kappa shape index (κ3) is 10.9. The highest BCUT2D eigenvalue weighted by atomic mass is 16.2. The topological polar surface area (TPSA) is 74.8 Å². The van der Waals surface area contributed by atoms with E-state index in [9.17, 15) is 19.2 Å². The molecule has 6 rings (SSSR count). The van der Waals surface area contributed by atoms with E-state index >= 15 is 0 Å². The molecule has 48 heavy (non-hydrogen) atoms. The number of rotatable bonds is 4. The number of Topliss-reactive ketones (excluding diaryl/α,β-unsaturated/α-hetero) is 2. The van der Waals surface area contributed by atoms with E-state index in [-0.39, 0.29) is 17.9 Å². The van der Waals surface area contributed by atoms with Crippen molar-refractivity contribution in [1.29, 1.82) is 0 Å². The van der Waals surface area contributed by atoms with E-state index < -0.39 is 0 Å². The number of piperidine rings is 1. The Morgan fingerprint density at radius 2 is 1.19 bits per heavy atom. The van der Waals surface area contributed by atoms with Crippen molar-refractivity contribution in [2.75, 3.05) is 11.4 Å². The molecule has 6 heteroatoms. The van der Waals surface area contributed by atoms with Crippen LogP contribution in [0.15, 0.2) is 48.5 Å². The van der Waals surface area contributed by atoms with Crippen molar-refractivity contribution in [1.82, 2.24) is 4.90 Å². The third-order valence-electron chi connectivity index (χ3n) is 10.1. The van der Waals surface area contributed by atoms with Gasteiger partial charge in [0.05, 0.1) is 0 Å². The first kappa shape index (κ1) is 39.2. The number of ketones is 2. The molecular formula is C42H62N2O4. The number of para-hydroxylation sites is 1. The van der Waals surface area contributed by atoms with Crippen LogP contribution in [-0.4, -0.2) is 46.9 Å². The zero-order valence-corrected chi connectivity index (χ0v) is 31.1. The van der Waals surface area contributed by atoms with Crippen LogP contribution in [0, 0.1) is 17.8 Å². The maximum absolute atomic E-state index is 11.8. The second kappa shape index (κ2) is 19.0. The summed E-state index contributed by atoms with van der Waals surface area (Å²) in [5, 5.41) is 0. The van der Waals surface area contributed by atoms with Gasteiger partial charge in [0.15, 0.2) is 0 Å². The third-order valence-corrected chi connectivity index (χ3v) is 10.1. The molecule has 0 aromatic heterocycles. The van der Waals surface area contributed by atoms with E-state index in [2.05, 4.69) is 79.7 Å². The van der Waals surface area contributed by atoms with Crippen molar-refractivity contribution in [3.8, 4) is 0 Å². The predicted octanol–water partition coefficient (Wildman–Crippen LogP) is 9.12. The normalized spacial score (nSPS) is 20.8. The van der Waals surface area contributed by atoms with Crippen molar-refractivity contribution in [2.45, 2.75) is 144 Å². The zero-order chi connectivity index (χ0) is 35.4. The van der Waals surface area contributed by atoms with Gasteiger partial charge in [-0.1, -0.05) is 76.6 Å². The minimum atomic E-state index is 0.139. The molecule has 0 bridgehead atoms. The molecule has 2 amide bonds. The van der Waals surface area contributed by atoms with Gasteiger partial charge in [-0.05, 0) is 101 Å². The lowest BCUT2D eigenvalue weighted by Gasteiger charge is -2.32. The molecule has 2 heterocycles. The van der Waals surface area contributed by atoms with Crippen LogP contribution < -0.4 is 4.90 Å². The van der Waals surface area contributed by atoms with E-state index in [1.165, 1.54) is 29.5 Å². The molecule has 2 unspecified atom stereocenters. The Balaban J connectivity index is 0.000000176. The summed E-state index contributed by atoms with van der Waals surface area (Å²) in [7, 11) is 0. The summed E-state index contributed by atoms with van der Waals surface area (Å²) < 4.78 is 0. The number of likely N-dealkylation sites (tertiary alicyclic amines) is 1. The first-order valence-electron chi connectivity index (χ1n) is 18.7. The maximum atomic E-state index is 11.8. The molecule has 1 saturated heterocycles. The van der Waals surface area contributed by atoms with Gasteiger partial charge in [0.2, 0.25) is 11.8 Å². The van der Waals surface area contributed by atoms with Crippen LogP contribution in [-0.2, 0) is 32.0 Å². The summed E-state index contributed by atoms with van der Waals surface area (Å²) in [6.07, 6.45) is 10.6. The van der Waals surface area contributed by atoms with Gasteiger partial charge in [0.25, 0.3) is 0 Å². The molecule has 2 atom stereocenters. The number of carbonyl (C=O) groups excluding carboxylic acids is 4. The summed E-state index contributed by atoms with van der Waals surface area (Å²) in [5.74, 6) is 3.00. The van der Waals surface area contributed by atoms with Crippen molar-refractivity contribution in [3.05, 3.63) is 65.2 Å². The van der Waals surface area contributed by atoms with Gasteiger partial charge in [0, 0.05) is 61.8 Å². The number of aryl methyl sites for hydroxylation is 2. The van der Waals surface area contributed by atoms with Gasteiger partial charge in [-0.25, -0.2) is 0 Å². The Morgan fingerprint density at radius 1 is 0.562 bits per heavy atom. The molecule has 2 aliphatic carbocycles. The molecule has 6 nitrogen and oxygen atoms in total. The largest absolute Gasteiger partial charge is 0.340 e. The Labute approximate surface area is 291 Å². The summed E-state index contributed by atoms with van der Waals surface area (Å²) in [4.78, 5) is 49.8. The average Bonchev–Trinajstić information content (AvgIpc) is 3.05. The van der Waals surface area contributed by atoms with E-state index in [0.717, 1.165) is 63.6 Å². The quantitative estimate of drug-likeness (QED) is 0.328. The van der Waals surface area contributed by atoms with E-state index in [1.54, 1.807) is 0 Å². The lowest BCUT2D eigenvalue weighted by molar-refractivity contribution is -0.135. The second-order valence-electron chi connectivity index (χ2n) is 15.1. The fraction of sp³-hybridized carbons (Fsp3) is 0.619. The molecule has 0 N–H and O–H groups in total. The standard InChI is InChI=1S/C13H16O.C12H15NO.C9H16O.C8H15NO/c2*1-9(2)13-11-6-4-3-5-10(11)7-8-12(13)14;1-7(2)8-5-3-4-6-9(8)10;1-7(2)9-6-4-3-5-8(9)10/h3-6,9,13H,7-8H2,1-2H3;3-6,9H,7-8H2,1-2H3;7-8H,3-6H2,1-2H3;7H,3-6H2,1-2H3. The maximum Gasteiger partial charge on any atom is 0.227 e. The lowest BCUT2D eigenvalue weighted by Crippen LogP contribution is -2.40. The van der Waals surface area contributed by atoms with Gasteiger partial charge in [-0.2, -0.15) is 0 Å². The van der Waals surface area contributed by atoms with E-state index in [1.807, 2.05) is 34.1 Å². The number of hydrogen-bond donors (Lipinski definition) is 0. The van der Waals surface area contributed by atoms with Crippen molar-refractivity contribution in [2.24, 2.45) is 17.8 Å². The number of fused-ring (bicyclic) bond motifs is 2. The number of carbonyl (C=O) groups is 4. The SMILES string of the molecule is CC(C)C1C(=O)CCc2ccccc21.CC(C)C1CCCCC1=O.CC(C)N1C(=O)CCc2ccccc21.CC(C)N1CCCCC1=O. The van der Waals surface area contributed by atoms with Crippen LogP contribution in [0.2, 0.25) is 0 Å². The average molecular weight is 659 g/mol. The molecular weight excluding hydrogens is 596 g/mol. The summed E-state index contributed by atoms with van der Waals surface area (Å²) >= 11 is 0.